The van der Waals surface area contributed by atoms with E-state index in [9.17, 15) is 0 Å². The zero-order valence-electron chi connectivity index (χ0n) is 42.8. The van der Waals surface area contributed by atoms with E-state index in [-0.39, 0.29) is 33.9 Å². The van der Waals surface area contributed by atoms with E-state index in [4.69, 9.17) is 4.42 Å². The molecule has 0 amide bonds. The number of aryl methyl sites for hydroxylation is 2. The molecule has 0 N–H and O–H groups in total. The molecule has 2 aliphatic carbocycles. The Morgan fingerprint density at radius 1 is 0.485 bits per heavy atom. The maximum absolute atomic E-state index is 7.27. The van der Waals surface area contributed by atoms with Crippen LogP contribution in [0.5, 0.6) is 0 Å². The van der Waals surface area contributed by atoms with Crippen molar-refractivity contribution in [1.82, 2.24) is 0 Å². The van der Waals surface area contributed by atoms with Gasteiger partial charge in [-0.15, -0.1) is 0 Å². The molecule has 3 heterocycles. The van der Waals surface area contributed by atoms with Crippen molar-refractivity contribution in [1.29, 1.82) is 0 Å². The Morgan fingerprint density at radius 2 is 1.07 bits per heavy atom. The number of hydrogen-bond acceptors (Lipinski definition) is 3. The predicted octanol–water partition coefficient (Wildman–Crippen LogP) is 16.6. The quantitative estimate of drug-likeness (QED) is 0.165. The lowest BCUT2D eigenvalue weighted by Gasteiger charge is -2.48. The Bertz CT molecular complexity index is 3430. The van der Waals surface area contributed by atoms with Gasteiger partial charge in [0.05, 0.1) is 0 Å². The summed E-state index contributed by atoms with van der Waals surface area (Å²) in [5.74, 6) is 0. The summed E-state index contributed by atoms with van der Waals surface area (Å²) in [6, 6.07) is 47.4. The number of anilines is 5. The third-order valence-corrected chi connectivity index (χ3v) is 17.4. The molecule has 0 atom stereocenters. The highest BCUT2D eigenvalue weighted by molar-refractivity contribution is 6.95. The van der Waals surface area contributed by atoms with Crippen LogP contribution in [-0.2, 0) is 27.1 Å². The molecule has 0 saturated carbocycles. The van der Waals surface area contributed by atoms with Crippen LogP contribution < -0.4 is 20.6 Å². The molecule has 7 aromatic carbocycles. The lowest BCUT2D eigenvalue weighted by molar-refractivity contribution is 0.332. The molecule has 4 heteroatoms. The van der Waals surface area contributed by atoms with Crippen LogP contribution in [0.3, 0.4) is 0 Å². The van der Waals surface area contributed by atoms with Crippen molar-refractivity contribution in [2.24, 2.45) is 0 Å². The van der Waals surface area contributed by atoms with Gasteiger partial charge in [0.15, 0.2) is 0 Å². The molecule has 2 aliphatic heterocycles. The van der Waals surface area contributed by atoms with Crippen LogP contribution in [0.15, 0.2) is 126 Å². The van der Waals surface area contributed by atoms with Crippen LogP contribution in [-0.4, -0.2) is 6.85 Å². The van der Waals surface area contributed by atoms with Gasteiger partial charge in [0.2, 0.25) is 0 Å². The fourth-order valence-electron chi connectivity index (χ4n) is 13.0. The van der Waals surface area contributed by atoms with Crippen molar-refractivity contribution >= 4 is 68.1 Å². The maximum Gasteiger partial charge on any atom is 0.336 e. The van der Waals surface area contributed by atoms with Crippen molar-refractivity contribution in [2.45, 2.75) is 143 Å². The molecule has 0 saturated heterocycles. The average Bonchev–Trinajstić information content (AvgIpc) is 3.68. The average molecular weight is 891 g/mol. The van der Waals surface area contributed by atoms with E-state index in [1.165, 1.54) is 107 Å². The Kier molecular flexibility index (Phi) is 9.10. The van der Waals surface area contributed by atoms with Gasteiger partial charge in [0, 0.05) is 50.2 Å². The summed E-state index contributed by atoms with van der Waals surface area (Å²) in [5.41, 5.74) is 25.7. The Labute approximate surface area is 405 Å². The zero-order chi connectivity index (χ0) is 47.6. The Hall–Kier alpha value is -6.00. The minimum Gasteiger partial charge on any atom is -0.456 e. The van der Waals surface area contributed by atoms with Gasteiger partial charge in [-0.1, -0.05) is 137 Å². The second-order valence-electron chi connectivity index (χ2n) is 24.8. The van der Waals surface area contributed by atoms with Gasteiger partial charge in [0.1, 0.15) is 11.2 Å². The SMILES string of the molecule is Cc1ccccc1-c1cc2c3c(c1)N(c1cc4c(cc1C)C(C)(C)CCC4(C)C)c1ccc4c(oc5ccccc54)c1B3N(c1ccc(C(C)(C)C)cc1)c1cc3c(cc1-2)C(C)(C)CCC3(C)C. The summed E-state index contributed by atoms with van der Waals surface area (Å²) < 4.78 is 7.27. The molecule has 4 aliphatic rings. The lowest BCUT2D eigenvalue weighted by Crippen LogP contribution is -2.62. The second kappa shape index (κ2) is 14.3. The first-order valence-electron chi connectivity index (χ1n) is 25.4. The van der Waals surface area contributed by atoms with Crippen LogP contribution in [0.1, 0.15) is 141 Å². The smallest absolute Gasteiger partial charge is 0.336 e. The largest absolute Gasteiger partial charge is 0.456 e. The molecule has 0 spiro atoms. The van der Waals surface area contributed by atoms with Crippen molar-refractivity contribution in [3.63, 3.8) is 0 Å². The van der Waals surface area contributed by atoms with E-state index in [1.807, 2.05) is 0 Å². The third kappa shape index (κ3) is 6.24. The molecule has 0 radical (unpaired) electrons. The Morgan fingerprint density at radius 3 is 1.72 bits per heavy atom. The number of fused-ring (bicyclic) bond motifs is 10. The summed E-state index contributed by atoms with van der Waals surface area (Å²) in [6.07, 6.45) is 4.64. The number of rotatable bonds is 3. The van der Waals surface area contributed by atoms with Crippen LogP contribution in [0, 0.1) is 13.8 Å². The molecule has 1 aromatic heterocycles. The molecule has 12 rings (SSSR count). The number of nitrogens with zero attached hydrogens (tertiary/aromatic N) is 2. The lowest BCUT2D eigenvalue weighted by atomic mass is 9.43. The van der Waals surface area contributed by atoms with Crippen molar-refractivity contribution in [3.05, 3.63) is 160 Å². The molecule has 8 aromatic rings. The van der Waals surface area contributed by atoms with Crippen molar-refractivity contribution in [3.8, 4) is 22.3 Å². The van der Waals surface area contributed by atoms with Crippen LogP contribution in [0.2, 0.25) is 0 Å². The Balaban J connectivity index is 1.27. The van der Waals surface area contributed by atoms with E-state index in [1.54, 1.807) is 0 Å². The standard InChI is InChI=1S/C64H67BN2O/c1-38-18-14-15-19-43(38)40-33-47-46-35-49-51(64(12,13)31-29-62(49,8)9)37-54(46)67(42-24-22-41(23-25-42)60(3,4)5)65-57(47)55(34-40)66(52-27-26-45-44-20-16-17-21-56(44)68-59(45)58(52)65)53-36-50-48(32-39(53)2)61(6,7)28-30-63(50,10)11/h14-27,32-37H,28-31H2,1-13H3. The maximum atomic E-state index is 7.27. The molecule has 0 fully saturated rings. The van der Waals surface area contributed by atoms with E-state index in [0.29, 0.717) is 0 Å². The van der Waals surface area contributed by atoms with Gasteiger partial charge in [0.25, 0.3) is 0 Å². The van der Waals surface area contributed by atoms with Gasteiger partial charge in [-0.3, -0.25) is 0 Å². The second-order valence-corrected chi connectivity index (χ2v) is 24.8. The monoisotopic (exact) mass is 891 g/mol. The summed E-state index contributed by atoms with van der Waals surface area (Å²) in [7, 11) is 0. The number of hydrogen-bond donors (Lipinski definition) is 0. The highest BCUT2D eigenvalue weighted by Gasteiger charge is 2.49. The first-order chi connectivity index (χ1) is 32.1. The van der Waals surface area contributed by atoms with Gasteiger partial charge < -0.3 is 14.1 Å². The fraction of sp³-hybridized carbons (Fsp3) is 0.344. The number of benzene rings is 7. The molecule has 0 bridgehead atoms. The third-order valence-electron chi connectivity index (χ3n) is 17.4. The van der Waals surface area contributed by atoms with E-state index < -0.39 is 0 Å². The highest BCUT2D eigenvalue weighted by Crippen LogP contribution is 2.56. The molecule has 3 nitrogen and oxygen atoms in total. The summed E-state index contributed by atoms with van der Waals surface area (Å²) >= 11 is 0. The molecule has 342 valence electrons. The molecule has 68 heavy (non-hydrogen) atoms. The highest BCUT2D eigenvalue weighted by atomic mass is 16.3. The zero-order valence-corrected chi connectivity index (χ0v) is 42.8. The van der Waals surface area contributed by atoms with E-state index in [2.05, 4.69) is 221 Å². The first kappa shape index (κ1) is 43.3. The fourth-order valence-corrected chi connectivity index (χ4v) is 13.0. The topological polar surface area (TPSA) is 19.6 Å². The van der Waals surface area contributed by atoms with Gasteiger partial charge >= 0.3 is 6.85 Å². The van der Waals surface area contributed by atoms with Crippen LogP contribution in [0.25, 0.3) is 44.2 Å². The predicted molar refractivity (Wildman–Crippen MR) is 292 cm³/mol. The van der Waals surface area contributed by atoms with E-state index in [0.717, 1.165) is 41.2 Å². The molecule has 0 unspecified atom stereocenters. The number of furan rings is 1. The summed E-state index contributed by atoms with van der Waals surface area (Å²) in [5, 5.41) is 2.31. The first-order valence-corrected chi connectivity index (χ1v) is 25.4. The van der Waals surface area contributed by atoms with E-state index >= 15 is 0 Å². The summed E-state index contributed by atoms with van der Waals surface area (Å²) in [4.78, 5) is 5.37. The minimum atomic E-state index is -0.194. The van der Waals surface area contributed by atoms with Crippen molar-refractivity contribution < 1.29 is 4.42 Å². The molecular weight excluding hydrogens is 824 g/mol. The minimum absolute atomic E-state index is 0.0215. The van der Waals surface area contributed by atoms with Gasteiger partial charge in [-0.2, -0.15) is 0 Å². The van der Waals surface area contributed by atoms with Crippen LogP contribution >= 0.6 is 0 Å². The molecular formula is C64H67BN2O. The number of para-hydroxylation sites is 1. The normalized spacial score (nSPS) is 18.2. The van der Waals surface area contributed by atoms with Crippen LogP contribution in [0.4, 0.5) is 28.4 Å². The van der Waals surface area contributed by atoms with Gasteiger partial charge in [-0.05, 0) is 188 Å². The van der Waals surface area contributed by atoms with Gasteiger partial charge in [-0.25, -0.2) is 0 Å². The summed E-state index contributed by atoms with van der Waals surface area (Å²) in [6.45, 7) is 31.1. The van der Waals surface area contributed by atoms with Crippen molar-refractivity contribution in [2.75, 3.05) is 9.71 Å².